The molecule has 2 aliphatic rings. The topological polar surface area (TPSA) is 49.4 Å². The summed E-state index contributed by atoms with van der Waals surface area (Å²) >= 11 is 6.03. The number of nitrogens with one attached hydrogen (secondary N) is 1. The Bertz CT molecular complexity index is 645. The number of amides is 2. The largest absolute Gasteiger partial charge is 0.342 e. The molecule has 1 aromatic rings. The predicted molar refractivity (Wildman–Crippen MR) is 105 cm³/mol. The zero-order chi connectivity index (χ0) is 18.5. The Morgan fingerprint density at radius 2 is 1.62 bits per heavy atom. The van der Waals surface area contributed by atoms with Gasteiger partial charge in [0.05, 0.1) is 0 Å². The molecular formula is C21H29ClN2O2. The molecule has 2 fully saturated rings. The number of halogens is 1. The highest BCUT2D eigenvalue weighted by atomic mass is 35.5. The molecule has 3 rings (SSSR count). The van der Waals surface area contributed by atoms with Gasteiger partial charge in [-0.05, 0) is 63.1 Å². The second-order valence-corrected chi connectivity index (χ2v) is 8.17. The van der Waals surface area contributed by atoms with Gasteiger partial charge in [0.25, 0.3) is 0 Å². The second-order valence-electron chi connectivity index (χ2n) is 7.74. The van der Waals surface area contributed by atoms with Crippen LogP contribution in [0.15, 0.2) is 18.2 Å². The van der Waals surface area contributed by atoms with E-state index in [2.05, 4.69) is 10.2 Å². The van der Waals surface area contributed by atoms with E-state index in [1.165, 1.54) is 12.8 Å². The van der Waals surface area contributed by atoms with Crippen molar-refractivity contribution in [2.45, 2.75) is 58.3 Å². The Morgan fingerprint density at radius 1 is 1.00 bits per heavy atom. The number of hydrogen-bond donors (Lipinski definition) is 1. The standard InChI is InChI=1S/C21H29ClN2O2/c1-15-6-11-18(22)14-19(15)23-20(25)16-7-9-17(10-8-16)21(26)24-12-4-2-3-5-13-24/h6,11,14,16-17H,2-5,7-10,12-13H2,1H3,(H,23,25). The second kappa shape index (κ2) is 8.90. The fourth-order valence-corrected chi connectivity index (χ4v) is 4.29. The van der Waals surface area contributed by atoms with Crippen molar-refractivity contribution in [3.8, 4) is 0 Å². The van der Waals surface area contributed by atoms with Gasteiger partial charge in [-0.25, -0.2) is 0 Å². The van der Waals surface area contributed by atoms with Gasteiger partial charge < -0.3 is 10.2 Å². The maximum absolute atomic E-state index is 12.8. The van der Waals surface area contributed by atoms with Crippen molar-refractivity contribution in [2.24, 2.45) is 11.8 Å². The van der Waals surface area contributed by atoms with Gasteiger partial charge >= 0.3 is 0 Å². The molecule has 1 aliphatic carbocycles. The van der Waals surface area contributed by atoms with E-state index in [0.717, 1.165) is 62.9 Å². The lowest BCUT2D eigenvalue weighted by atomic mass is 9.80. The zero-order valence-corrected chi connectivity index (χ0v) is 16.4. The van der Waals surface area contributed by atoms with Crippen LogP contribution in [-0.4, -0.2) is 29.8 Å². The minimum Gasteiger partial charge on any atom is -0.342 e. The molecule has 1 saturated carbocycles. The van der Waals surface area contributed by atoms with Crippen LogP contribution in [0.4, 0.5) is 5.69 Å². The zero-order valence-electron chi connectivity index (χ0n) is 15.6. The summed E-state index contributed by atoms with van der Waals surface area (Å²) in [4.78, 5) is 27.4. The van der Waals surface area contributed by atoms with Crippen molar-refractivity contribution in [1.29, 1.82) is 0 Å². The molecule has 4 nitrogen and oxygen atoms in total. The fraction of sp³-hybridized carbons (Fsp3) is 0.619. The first kappa shape index (κ1) is 19.2. The van der Waals surface area contributed by atoms with Crippen molar-refractivity contribution < 1.29 is 9.59 Å². The minimum atomic E-state index is -0.0124. The Labute approximate surface area is 161 Å². The fourth-order valence-electron chi connectivity index (χ4n) is 4.12. The SMILES string of the molecule is Cc1ccc(Cl)cc1NC(=O)C1CCC(C(=O)N2CCCCCC2)CC1. The molecular weight excluding hydrogens is 348 g/mol. The number of nitrogens with zero attached hydrogens (tertiary/aromatic N) is 1. The van der Waals surface area contributed by atoms with Gasteiger partial charge in [-0.1, -0.05) is 30.5 Å². The van der Waals surface area contributed by atoms with Crippen LogP contribution in [0, 0.1) is 18.8 Å². The van der Waals surface area contributed by atoms with Crippen molar-refractivity contribution >= 4 is 29.1 Å². The predicted octanol–water partition coefficient (Wildman–Crippen LogP) is 4.80. The maximum atomic E-state index is 12.8. The third-order valence-corrected chi connectivity index (χ3v) is 6.06. The molecule has 1 aliphatic heterocycles. The van der Waals surface area contributed by atoms with Gasteiger partial charge in [0, 0.05) is 35.6 Å². The lowest BCUT2D eigenvalue weighted by Crippen LogP contribution is -2.39. The smallest absolute Gasteiger partial charge is 0.227 e. The van der Waals surface area contributed by atoms with Crippen molar-refractivity contribution in [3.05, 3.63) is 28.8 Å². The van der Waals surface area contributed by atoms with Gasteiger partial charge in [-0.2, -0.15) is 0 Å². The van der Waals surface area contributed by atoms with Crippen molar-refractivity contribution in [1.82, 2.24) is 4.90 Å². The monoisotopic (exact) mass is 376 g/mol. The molecule has 0 atom stereocenters. The first-order chi connectivity index (χ1) is 12.5. The molecule has 1 N–H and O–H groups in total. The number of likely N-dealkylation sites (tertiary alicyclic amines) is 1. The summed E-state index contributed by atoms with van der Waals surface area (Å²) in [6.07, 6.45) is 7.94. The summed E-state index contributed by atoms with van der Waals surface area (Å²) < 4.78 is 0. The summed E-state index contributed by atoms with van der Waals surface area (Å²) in [7, 11) is 0. The summed E-state index contributed by atoms with van der Waals surface area (Å²) in [5, 5.41) is 3.64. The van der Waals surface area contributed by atoms with Gasteiger partial charge in [0.1, 0.15) is 0 Å². The Morgan fingerprint density at radius 3 is 2.27 bits per heavy atom. The maximum Gasteiger partial charge on any atom is 0.227 e. The molecule has 5 heteroatoms. The van der Waals surface area contributed by atoms with Crippen LogP contribution < -0.4 is 5.32 Å². The number of hydrogen-bond acceptors (Lipinski definition) is 2. The summed E-state index contributed by atoms with van der Waals surface area (Å²) in [6.45, 7) is 3.78. The summed E-state index contributed by atoms with van der Waals surface area (Å²) in [5.41, 5.74) is 1.79. The molecule has 0 aromatic heterocycles. The lowest BCUT2D eigenvalue weighted by molar-refractivity contribution is -0.137. The first-order valence-electron chi connectivity index (χ1n) is 9.90. The van der Waals surface area contributed by atoms with Crippen LogP contribution in [-0.2, 0) is 9.59 Å². The van der Waals surface area contributed by atoms with E-state index in [9.17, 15) is 9.59 Å². The Kier molecular flexibility index (Phi) is 6.58. The lowest BCUT2D eigenvalue weighted by Gasteiger charge is -2.31. The van der Waals surface area contributed by atoms with E-state index in [1.807, 2.05) is 19.1 Å². The number of benzene rings is 1. The van der Waals surface area contributed by atoms with E-state index < -0.39 is 0 Å². The molecule has 1 saturated heterocycles. The number of carbonyl (C=O) groups is 2. The van der Waals surface area contributed by atoms with Gasteiger partial charge in [0.15, 0.2) is 0 Å². The van der Waals surface area contributed by atoms with Gasteiger partial charge in [0.2, 0.25) is 11.8 Å². The molecule has 0 spiro atoms. The highest BCUT2D eigenvalue weighted by Gasteiger charge is 2.32. The van der Waals surface area contributed by atoms with Gasteiger partial charge in [-0.15, -0.1) is 0 Å². The highest BCUT2D eigenvalue weighted by molar-refractivity contribution is 6.31. The van der Waals surface area contributed by atoms with Crippen molar-refractivity contribution in [3.63, 3.8) is 0 Å². The van der Waals surface area contributed by atoms with Crippen LogP contribution >= 0.6 is 11.6 Å². The summed E-state index contributed by atoms with van der Waals surface area (Å²) in [5.74, 6) is 0.458. The first-order valence-corrected chi connectivity index (χ1v) is 10.3. The third-order valence-electron chi connectivity index (χ3n) is 5.82. The molecule has 2 amide bonds. The number of aryl methyl sites for hydroxylation is 1. The van der Waals surface area contributed by atoms with Crippen LogP contribution in [0.5, 0.6) is 0 Å². The number of carbonyl (C=O) groups excluding carboxylic acids is 2. The molecule has 0 radical (unpaired) electrons. The number of rotatable bonds is 3. The van der Waals surface area contributed by atoms with Gasteiger partial charge in [-0.3, -0.25) is 9.59 Å². The highest BCUT2D eigenvalue weighted by Crippen LogP contribution is 2.32. The van der Waals surface area contributed by atoms with E-state index in [-0.39, 0.29) is 17.7 Å². The quantitative estimate of drug-likeness (QED) is 0.823. The van der Waals surface area contributed by atoms with Crippen LogP contribution in [0.1, 0.15) is 56.9 Å². The molecule has 0 unspecified atom stereocenters. The Hall–Kier alpha value is -1.55. The van der Waals surface area contributed by atoms with E-state index in [0.29, 0.717) is 10.9 Å². The minimum absolute atomic E-state index is 0.0124. The van der Waals surface area contributed by atoms with E-state index >= 15 is 0 Å². The molecule has 0 bridgehead atoms. The van der Waals surface area contributed by atoms with Crippen molar-refractivity contribution in [2.75, 3.05) is 18.4 Å². The molecule has 1 aromatic carbocycles. The molecule has 1 heterocycles. The van der Waals surface area contributed by atoms with E-state index in [1.54, 1.807) is 6.07 Å². The van der Waals surface area contributed by atoms with Crippen LogP contribution in [0.3, 0.4) is 0 Å². The summed E-state index contributed by atoms with van der Waals surface area (Å²) in [6, 6.07) is 5.53. The number of anilines is 1. The van der Waals surface area contributed by atoms with Crippen LogP contribution in [0.25, 0.3) is 0 Å². The Balaban J connectivity index is 1.52. The average molecular weight is 377 g/mol. The van der Waals surface area contributed by atoms with Crippen LogP contribution in [0.2, 0.25) is 5.02 Å². The molecule has 142 valence electrons. The normalized spacial score (nSPS) is 24.0. The molecule has 26 heavy (non-hydrogen) atoms. The van der Waals surface area contributed by atoms with E-state index in [4.69, 9.17) is 11.6 Å². The third kappa shape index (κ3) is 4.79. The average Bonchev–Trinajstić information content (AvgIpc) is 2.93.